The van der Waals surface area contributed by atoms with Gasteiger partial charge >= 0.3 is 5.97 Å². The number of hydrogen-bond donors (Lipinski definition) is 2. The van der Waals surface area contributed by atoms with Gasteiger partial charge in [-0.3, -0.25) is 0 Å². The molecule has 0 saturated heterocycles. The number of carboxylic acids is 1. The van der Waals surface area contributed by atoms with Crippen LogP contribution in [0.2, 0.25) is 0 Å². The molecule has 0 amide bonds. The van der Waals surface area contributed by atoms with E-state index in [-0.39, 0.29) is 5.56 Å². The van der Waals surface area contributed by atoms with Gasteiger partial charge in [0.25, 0.3) is 0 Å². The van der Waals surface area contributed by atoms with E-state index < -0.39 is 29.2 Å². The number of carboxylic acid groups (broad SMARTS) is 1. The number of hydrogen-bond acceptors (Lipinski definition) is 2. The topological polar surface area (TPSA) is 63.3 Å². The molecule has 1 aromatic rings. The van der Waals surface area contributed by atoms with Gasteiger partial charge in [0.05, 0.1) is 5.56 Å². The maximum atomic E-state index is 13.2. The lowest BCUT2D eigenvalue weighted by molar-refractivity contribution is 0.0690. The smallest absolute Gasteiger partial charge is 0.338 e. The first-order valence-corrected chi connectivity index (χ1v) is 3.92. The van der Waals surface area contributed by atoms with Gasteiger partial charge in [0.2, 0.25) is 0 Å². The Labute approximate surface area is 79.2 Å². The highest BCUT2D eigenvalue weighted by Crippen LogP contribution is 2.20. The summed E-state index contributed by atoms with van der Waals surface area (Å²) < 4.78 is 26.2. The van der Waals surface area contributed by atoms with Crippen LogP contribution in [0.15, 0.2) is 12.1 Å². The predicted octanol–water partition coefficient (Wildman–Crippen LogP) is 1.68. The summed E-state index contributed by atoms with van der Waals surface area (Å²) in [6.07, 6.45) is 0. The van der Waals surface area contributed by atoms with Gasteiger partial charge in [-0.1, -0.05) is 6.07 Å². The van der Waals surface area contributed by atoms with Crippen LogP contribution in [-0.4, -0.2) is 11.1 Å². The maximum absolute atomic E-state index is 13.2. The van der Waals surface area contributed by atoms with Crippen molar-refractivity contribution in [3.05, 3.63) is 34.9 Å². The van der Waals surface area contributed by atoms with Crippen molar-refractivity contribution >= 4 is 5.97 Å². The minimum absolute atomic E-state index is 0.0347. The largest absolute Gasteiger partial charge is 0.478 e. The van der Waals surface area contributed by atoms with E-state index in [4.69, 9.17) is 10.8 Å². The van der Waals surface area contributed by atoms with E-state index >= 15 is 0 Å². The molecule has 0 radical (unpaired) electrons. The van der Waals surface area contributed by atoms with Crippen molar-refractivity contribution in [1.82, 2.24) is 0 Å². The summed E-state index contributed by atoms with van der Waals surface area (Å²) >= 11 is 0. The molecule has 1 rings (SSSR count). The van der Waals surface area contributed by atoms with Crippen LogP contribution in [0.25, 0.3) is 0 Å². The fourth-order valence-electron chi connectivity index (χ4n) is 1.08. The Morgan fingerprint density at radius 3 is 2.43 bits per heavy atom. The van der Waals surface area contributed by atoms with Gasteiger partial charge in [-0.15, -0.1) is 0 Å². The molecule has 3 nitrogen and oxygen atoms in total. The Hall–Kier alpha value is -1.49. The minimum atomic E-state index is -1.50. The van der Waals surface area contributed by atoms with Gasteiger partial charge in [0, 0.05) is 11.6 Å². The summed E-state index contributed by atoms with van der Waals surface area (Å²) in [5.74, 6) is -4.06. The third-order valence-electron chi connectivity index (χ3n) is 1.83. The normalized spacial score (nSPS) is 12.6. The third kappa shape index (κ3) is 1.72. The van der Waals surface area contributed by atoms with Crippen LogP contribution in [0.4, 0.5) is 8.78 Å². The van der Waals surface area contributed by atoms with Gasteiger partial charge < -0.3 is 10.8 Å². The molecule has 0 aliphatic rings. The van der Waals surface area contributed by atoms with Crippen molar-refractivity contribution in [1.29, 1.82) is 0 Å². The van der Waals surface area contributed by atoms with Gasteiger partial charge in [0.15, 0.2) is 11.6 Å². The second kappa shape index (κ2) is 3.71. The van der Waals surface area contributed by atoms with Gasteiger partial charge in [-0.05, 0) is 13.0 Å². The standard InChI is InChI=1S/C9H9F2NO2/c1-4(12)5-2-3-6(9(13)14)8(11)7(5)10/h2-4H,12H2,1H3,(H,13,14). The van der Waals surface area contributed by atoms with Crippen molar-refractivity contribution in [3.63, 3.8) is 0 Å². The quantitative estimate of drug-likeness (QED) is 0.765. The number of carbonyl (C=O) groups is 1. The van der Waals surface area contributed by atoms with Crippen LogP contribution in [-0.2, 0) is 0 Å². The highest BCUT2D eigenvalue weighted by atomic mass is 19.2. The summed E-state index contributed by atoms with van der Waals surface area (Å²) in [6, 6.07) is 1.50. The number of aromatic carboxylic acids is 1. The SMILES string of the molecule is CC(N)c1ccc(C(=O)O)c(F)c1F. The van der Waals surface area contributed by atoms with Crippen molar-refractivity contribution in [2.45, 2.75) is 13.0 Å². The molecule has 0 heterocycles. The zero-order chi connectivity index (χ0) is 10.9. The van der Waals surface area contributed by atoms with Gasteiger partial charge in [-0.25, -0.2) is 13.6 Å². The van der Waals surface area contributed by atoms with Gasteiger partial charge in [-0.2, -0.15) is 0 Å². The molecule has 1 aromatic carbocycles. The van der Waals surface area contributed by atoms with E-state index in [0.717, 1.165) is 6.07 Å². The maximum Gasteiger partial charge on any atom is 0.338 e. The first-order chi connectivity index (χ1) is 6.45. The molecule has 0 fully saturated rings. The molecule has 0 aliphatic heterocycles. The second-order valence-electron chi connectivity index (χ2n) is 2.92. The zero-order valence-corrected chi connectivity index (χ0v) is 7.42. The summed E-state index contributed by atoms with van der Waals surface area (Å²) in [6.45, 7) is 1.48. The van der Waals surface area contributed by atoms with Crippen molar-refractivity contribution < 1.29 is 18.7 Å². The highest BCUT2D eigenvalue weighted by molar-refractivity contribution is 5.88. The lowest BCUT2D eigenvalue weighted by Crippen LogP contribution is -2.11. The molecule has 3 N–H and O–H groups in total. The number of nitrogens with two attached hydrogens (primary N) is 1. The second-order valence-corrected chi connectivity index (χ2v) is 2.92. The molecule has 14 heavy (non-hydrogen) atoms. The predicted molar refractivity (Wildman–Crippen MR) is 45.9 cm³/mol. The Morgan fingerprint density at radius 2 is 2.00 bits per heavy atom. The first-order valence-electron chi connectivity index (χ1n) is 3.92. The number of halogens is 2. The first kappa shape index (κ1) is 10.6. The van der Waals surface area contributed by atoms with Crippen LogP contribution >= 0.6 is 0 Å². The lowest BCUT2D eigenvalue weighted by atomic mass is 10.1. The molecule has 0 bridgehead atoms. The molecule has 0 spiro atoms. The monoisotopic (exact) mass is 201 g/mol. The van der Waals surface area contributed by atoms with E-state index in [1.54, 1.807) is 0 Å². The molecule has 0 aliphatic carbocycles. The minimum Gasteiger partial charge on any atom is -0.478 e. The van der Waals surface area contributed by atoms with Crippen molar-refractivity contribution in [2.24, 2.45) is 5.73 Å². The van der Waals surface area contributed by atoms with Gasteiger partial charge in [0.1, 0.15) is 0 Å². The number of benzene rings is 1. The van der Waals surface area contributed by atoms with E-state index in [0.29, 0.717) is 0 Å². The van der Waals surface area contributed by atoms with Crippen LogP contribution in [0, 0.1) is 11.6 Å². The number of rotatable bonds is 2. The molecular weight excluding hydrogens is 192 g/mol. The highest BCUT2D eigenvalue weighted by Gasteiger charge is 2.19. The van der Waals surface area contributed by atoms with E-state index in [9.17, 15) is 13.6 Å². The van der Waals surface area contributed by atoms with E-state index in [1.165, 1.54) is 13.0 Å². The Balaban J connectivity index is 3.33. The Kier molecular flexibility index (Phi) is 2.81. The van der Waals surface area contributed by atoms with Crippen LogP contribution in [0.1, 0.15) is 28.9 Å². The van der Waals surface area contributed by atoms with Crippen LogP contribution in [0.3, 0.4) is 0 Å². The van der Waals surface area contributed by atoms with Crippen LogP contribution in [0.5, 0.6) is 0 Å². The van der Waals surface area contributed by atoms with E-state index in [1.807, 2.05) is 0 Å². The molecule has 1 atom stereocenters. The Bertz CT molecular complexity index is 377. The van der Waals surface area contributed by atoms with Crippen LogP contribution < -0.4 is 5.73 Å². The summed E-state index contributed by atoms with van der Waals surface area (Å²) in [5.41, 5.74) is 4.63. The molecule has 0 aromatic heterocycles. The fraction of sp³-hybridized carbons (Fsp3) is 0.222. The summed E-state index contributed by atoms with van der Waals surface area (Å²) in [4.78, 5) is 10.4. The molecular formula is C9H9F2NO2. The third-order valence-corrected chi connectivity index (χ3v) is 1.83. The molecule has 5 heteroatoms. The average molecular weight is 201 g/mol. The van der Waals surface area contributed by atoms with E-state index in [2.05, 4.69) is 0 Å². The zero-order valence-electron chi connectivity index (χ0n) is 7.42. The van der Waals surface area contributed by atoms with Crippen molar-refractivity contribution in [3.8, 4) is 0 Å². The van der Waals surface area contributed by atoms with Crippen molar-refractivity contribution in [2.75, 3.05) is 0 Å². The Morgan fingerprint density at radius 1 is 1.43 bits per heavy atom. The fourth-order valence-corrected chi connectivity index (χ4v) is 1.08. The summed E-state index contributed by atoms with van der Waals surface area (Å²) in [7, 11) is 0. The molecule has 76 valence electrons. The molecule has 1 unspecified atom stereocenters. The summed E-state index contributed by atoms with van der Waals surface area (Å²) in [5, 5.41) is 8.48. The average Bonchev–Trinajstić information content (AvgIpc) is 2.08. The molecule has 0 saturated carbocycles. The lowest BCUT2D eigenvalue weighted by Gasteiger charge is -2.08.